The number of aliphatic hydroxyl groups is 1. The van der Waals surface area contributed by atoms with E-state index in [1.54, 1.807) is 0 Å². The standard InChI is InChI=1S/C10H13BrFNO2/c1-15-10-7(12)3-2-6(11)9(10)8(14)4-5-13/h2-3,8,14H,4-5,13H2,1H3. The highest BCUT2D eigenvalue weighted by Gasteiger charge is 2.19. The fourth-order valence-electron chi connectivity index (χ4n) is 1.37. The lowest BCUT2D eigenvalue weighted by atomic mass is 10.1. The first-order valence-corrected chi connectivity index (χ1v) is 5.31. The van der Waals surface area contributed by atoms with Crippen LogP contribution in [0.15, 0.2) is 16.6 Å². The Labute approximate surface area is 96.2 Å². The molecule has 0 aliphatic rings. The molecule has 0 radical (unpaired) electrons. The molecule has 0 heterocycles. The first kappa shape index (κ1) is 12.4. The number of halogens is 2. The fraction of sp³-hybridized carbons (Fsp3) is 0.400. The van der Waals surface area contributed by atoms with Gasteiger partial charge in [-0.15, -0.1) is 0 Å². The maximum absolute atomic E-state index is 13.3. The molecule has 0 saturated carbocycles. The van der Waals surface area contributed by atoms with E-state index in [1.165, 1.54) is 19.2 Å². The average molecular weight is 278 g/mol. The highest BCUT2D eigenvalue weighted by molar-refractivity contribution is 9.10. The molecule has 1 atom stereocenters. The third-order valence-electron chi connectivity index (χ3n) is 2.07. The van der Waals surface area contributed by atoms with E-state index in [0.29, 0.717) is 23.0 Å². The van der Waals surface area contributed by atoms with Gasteiger partial charge in [-0.2, -0.15) is 0 Å². The van der Waals surface area contributed by atoms with Crippen LogP contribution in [0.4, 0.5) is 4.39 Å². The number of nitrogens with two attached hydrogens (primary N) is 1. The van der Waals surface area contributed by atoms with Crippen molar-refractivity contribution in [2.75, 3.05) is 13.7 Å². The molecular weight excluding hydrogens is 265 g/mol. The molecule has 1 rings (SSSR count). The van der Waals surface area contributed by atoms with E-state index in [1.807, 2.05) is 0 Å². The van der Waals surface area contributed by atoms with Crippen LogP contribution < -0.4 is 10.5 Å². The van der Waals surface area contributed by atoms with E-state index >= 15 is 0 Å². The van der Waals surface area contributed by atoms with Crippen LogP contribution in [0.2, 0.25) is 0 Å². The molecule has 1 aromatic rings. The van der Waals surface area contributed by atoms with Gasteiger partial charge in [0, 0.05) is 10.0 Å². The third-order valence-corrected chi connectivity index (χ3v) is 2.76. The van der Waals surface area contributed by atoms with Gasteiger partial charge in [0.2, 0.25) is 0 Å². The Kier molecular flexibility index (Phi) is 4.50. The molecule has 0 aliphatic carbocycles. The van der Waals surface area contributed by atoms with Crippen LogP contribution in [0.5, 0.6) is 5.75 Å². The van der Waals surface area contributed by atoms with Crippen molar-refractivity contribution in [3.63, 3.8) is 0 Å². The number of aliphatic hydroxyl groups excluding tert-OH is 1. The molecule has 1 aromatic carbocycles. The van der Waals surface area contributed by atoms with Crippen LogP contribution in [0.3, 0.4) is 0 Å². The molecule has 84 valence electrons. The Balaban J connectivity index is 3.18. The lowest BCUT2D eigenvalue weighted by molar-refractivity contribution is 0.164. The minimum absolute atomic E-state index is 0.0605. The second kappa shape index (κ2) is 5.44. The highest BCUT2D eigenvalue weighted by Crippen LogP contribution is 2.35. The van der Waals surface area contributed by atoms with Crippen molar-refractivity contribution in [3.05, 3.63) is 28.0 Å². The van der Waals surface area contributed by atoms with Crippen molar-refractivity contribution in [3.8, 4) is 5.75 Å². The quantitative estimate of drug-likeness (QED) is 0.885. The first-order chi connectivity index (χ1) is 7.11. The lowest BCUT2D eigenvalue weighted by Gasteiger charge is -2.16. The predicted octanol–water partition coefficient (Wildman–Crippen LogP) is 1.98. The van der Waals surface area contributed by atoms with Crippen LogP contribution in [0.1, 0.15) is 18.1 Å². The van der Waals surface area contributed by atoms with Crippen molar-refractivity contribution >= 4 is 15.9 Å². The van der Waals surface area contributed by atoms with E-state index in [9.17, 15) is 9.50 Å². The van der Waals surface area contributed by atoms with E-state index in [0.717, 1.165) is 0 Å². The zero-order valence-corrected chi connectivity index (χ0v) is 9.92. The topological polar surface area (TPSA) is 55.5 Å². The Morgan fingerprint density at radius 3 is 2.80 bits per heavy atom. The van der Waals surface area contributed by atoms with Crippen molar-refractivity contribution in [2.24, 2.45) is 5.73 Å². The molecule has 0 saturated heterocycles. The lowest BCUT2D eigenvalue weighted by Crippen LogP contribution is -2.09. The number of methoxy groups -OCH3 is 1. The van der Waals surface area contributed by atoms with E-state index in [4.69, 9.17) is 10.5 Å². The fourth-order valence-corrected chi connectivity index (χ4v) is 1.95. The van der Waals surface area contributed by atoms with Gasteiger partial charge in [0.15, 0.2) is 11.6 Å². The van der Waals surface area contributed by atoms with Crippen LogP contribution >= 0.6 is 15.9 Å². The van der Waals surface area contributed by atoms with Gasteiger partial charge in [-0.1, -0.05) is 15.9 Å². The Morgan fingerprint density at radius 2 is 2.27 bits per heavy atom. The van der Waals surface area contributed by atoms with Crippen molar-refractivity contribution in [2.45, 2.75) is 12.5 Å². The van der Waals surface area contributed by atoms with Gasteiger partial charge in [-0.25, -0.2) is 4.39 Å². The average Bonchev–Trinajstić information content (AvgIpc) is 2.21. The predicted molar refractivity (Wildman–Crippen MR) is 59.3 cm³/mol. The Morgan fingerprint density at radius 1 is 1.60 bits per heavy atom. The van der Waals surface area contributed by atoms with Crippen LogP contribution in [0, 0.1) is 5.82 Å². The number of hydrogen-bond acceptors (Lipinski definition) is 3. The van der Waals surface area contributed by atoms with Crippen molar-refractivity contribution in [1.82, 2.24) is 0 Å². The van der Waals surface area contributed by atoms with Gasteiger partial charge in [-0.3, -0.25) is 0 Å². The molecule has 3 nitrogen and oxygen atoms in total. The zero-order chi connectivity index (χ0) is 11.4. The van der Waals surface area contributed by atoms with E-state index < -0.39 is 11.9 Å². The Hall–Kier alpha value is -0.650. The summed E-state index contributed by atoms with van der Waals surface area (Å²) in [5.41, 5.74) is 5.74. The number of benzene rings is 1. The molecule has 1 unspecified atom stereocenters. The van der Waals surface area contributed by atoms with Crippen LogP contribution in [-0.4, -0.2) is 18.8 Å². The summed E-state index contributed by atoms with van der Waals surface area (Å²) in [5, 5.41) is 9.78. The first-order valence-electron chi connectivity index (χ1n) is 4.51. The molecule has 0 spiro atoms. The molecule has 0 aliphatic heterocycles. The van der Waals surface area contributed by atoms with Crippen molar-refractivity contribution in [1.29, 1.82) is 0 Å². The zero-order valence-electron chi connectivity index (χ0n) is 8.34. The summed E-state index contributed by atoms with van der Waals surface area (Å²) in [6.45, 7) is 0.327. The second-order valence-corrected chi connectivity index (χ2v) is 3.92. The second-order valence-electron chi connectivity index (χ2n) is 3.07. The van der Waals surface area contributed by atoms with Gasteiger partial charge in [0.25, 0.3) is 0 Å². The van der Waals surface area contributed by atoms with Gasteiger partial charge in [0.1, 0.15) is 0 Å². The third kappa shape index (κ3) is 2.68. The van der Waals surface area contributed by atoms with E-state index in [2.05, 4.69) is 15.9 Å². The molecule has 15 heavy (non-hydrogen) atoms. The SMILES string of the molecule is COc1c(F)ccc(Br)c1C(O)CCN. The maximum atomic E-state index is 13.3. The molecular formula is C10H13BrFNO2. The van der Waals surface area contributed by atoms with Crippen LogP contribution in [0.25, 0.3) is 0 Å². The number of hydrogen-bond donors (Lipinski definition) is 2. The summed E-state index contributed by atoms with van der Waals surface area (Å²) in [6.07, 6.45) is -0.465. The Bertz CT molecular complexity index is 346. The van der Waals surface area contributed by atoms with E-state index in [-0.39, 0.29) is 5.75 Å². The molecule has 0 aromatic heterocycles. The number of ether oxygens (including phenoxy) is 1. The molecule has 0 fully saturated rings. The monoisotopic (exact) mass is 277 g/mol. The summed E-state index contributed by atoms with van der Waals surface area (Å²) < 4.78 is 18.9. The normalized spacial score (nSPS) is 12.6. The molecule has 5 heteroatoms. The van der Waals surface area contributed by atoms with Gasteiger partial charge < -0.3 is 15.6 Å². The molecule has 3 N–H and O–H groups in total. The smallest absolute Gasteiger partial charge is 0.165 e. The van der Waals surface area contributed by atoms with Gasteiger partial charge in [-0.05, 0) is 25.1 Å². The van der Waals surface area contributed by atoms with Crippen LogP contribution in [-0.2, 0) is 0 Å². The largest absolute Gasteiger partial charge is 0.493 e. The maximum Gasteiger partial charge on any atom is 0.165 e. The van der Waals surface area contributed by atoms with Gasteiger partial charge >= 0.3 is 0 Å². The number of rotatable bonds is 4. The minimum atomic E-state index is -0.824. The summed E-state index contributed by atoms with van der Waals surface area (Å²) in [4.78, 5) is 0. The summed E-state index contributed by atoms with van der Waals surface area (Å²) in [5.74, 6) is -0.433. The van der Waals surface area contributed by atoms with Crippen molar-refractivity contribution < 1.29 is 14.2 Å². The molecule has 0 amide bonds. The summed E-state index contributed by atoms with van der Waals surface area (Å²) in [7, 11) is 1.36. The summed E-state index contributed by atoms with van der Waals surface area (Å²) >= 11 is 3.25. The van der Waals surface area contributed by atoms with Gasteiger partial charge in [0.05, 0.1) is 13.2 Å². The molecule has 0 bridgehead atoms. The summed E-state index contributed by atoms with van der Waals surface area (Å²) in [6, 6.07) is 2.81. The minimum Gasteiger partial charge on any atom is -0.493 e. The highest BCUT2D eigenvalue weighted by atomic mass is 79.9.